The SMILES string of the molecule is CCOc1cc(C(=O)Nc2ccc(C(F)(F)F)cc2)ccc1OCC(=O)N1CCCCC1. The first-order chi connectivity index (χ1) is 15.3. The number of likely N-dealkylation sites (tertiary alicyclic amines) is 1. The van der Waals surface area contributed by atoms with Crippen LogP contribution >= 0.6 is 0 Å². The van der Waals surface area contributed by atoms with Gasteiger partial charge in [-0.15, -0.1) is 0 Å². The molecule has 2 aromatic rings. The summed E-state index contributed by atoms with van der Waals surface area (Å²) in [5.74, 6) is 0.0280. The van der Waals surface area contributed by atoms with Gasteiger partial charge in [-0.25, -0.2) is 0 Å². The molecule has 6 nitrogen and oxygen atoms in total. The topological polar surface area (TPSA) is 67.9 Å². The van der Waals surface area contributed by atoms with Crippen molar-refractivity contribution in [2.45, 2.75) is 32.4 Å². The van der Waals surface area contributed by atoms with Gasteiger partial charge in [-0.05, 0) is 68.7 Å². The van der Waals surface area contributed by atoms with Gasteiger partial charge < -0.3 is 19.7 Å². The Morgan fingerprint density at radius 2 is 1.66 bits per heavy atom. The Balaban J connectivity index is 1.66. The fourth-order valence-corrected chi connectivity index (χ4v) is 3.36. The Hall–Kier alpha value is -3.23. The van der Waals surface area contributed by atoms with Gasteiger partial charge in [-0.1, -0.05) is 0 Å². The zero-order valence-corrected chi connectivity index (χ0v) is 17.7. The smallest absolute Gasteiger partial charge is 0.416 e. The highest BCUT2D eigenvalue weighted by Crippen LogP contribution is 2.31. The quantitative estimate of drug-likeness (QED) is 0.661. The van der Waals surface area contributed by atoms with Crippen molar-refractivity contribution in [3.63, 3.8) is 0 Å². The molecular formula is C23H25F3N2O4. The molecule has 1 fully saturated rings. The number of alkyl halides is 3. The summed E-state index contributed by atoms with van der Waals surface area (Å²) in [5.41, 5.74) is -0.328. The van der Waals surface area contributed by atoms with Gasteiger partial charge in [0.05, 0.1) is 12.2 Å². The van der Waals surface area contributed by atoms with Crippen LogP contribution in [0.4, 0.5) is 18.9 Å². The van der Waals surface area contributed by atoms with Crippen molar-refractivity contribution in [2.24, 2.45) is 0 Å². The van der Waals surface area contributed by atoms with Gasteiger partial charge in [0.15, 0.2) is 18.1 Å². The van der Waals surface area contributed by atoms with Crippen LogP contribution < -0.4 is 14.8 Å². The summed E-state index contributed by atoms with van der Waals surface area (Å²) in [5, 5.41) is 2.56. The maximum atomic E-state index is 12.7. The van der Waals surface area contributed by atoms with Crippen molar-refractivity contribution in [3.05, 3.63) is 53.6 Å². The number of hydrogen-bond donors (Lipinski definition) is 1. The molecule has 3 rings (SSSR count). The molecule has 2 amide bonds. The summed E-state index contributed by atoms with van der Waals surface area (Å²) in [4.78, 5) is 26.6. The van der Waals surface area contributed by atoms with E-state index in [4.69, 9.17) is 9.47 Å². The molecule has 0 aromatic heterocycles. The summed E-state index contributed by atoms with van der Waals surface area (Å²) in [6.45, 7) is 3.42. The van der Waals surface area contributed by atoms with Crippen molar-refractivity contribution in [1.29, 1.82) is 0 Å². The van der Waals surface area contributed by atoms with Gasteiger partial charge in [0, 0.05) is 24.3 Å². The predicted molar refractivity (Wildman–Crippen MR) is 113 cm³/mol. The first kappa shape index (κ1) is 23.4. The number of benzene rings is 2. The van der Waals surface area contributed by atoms with Crippen molar-refractivity contribution in [3.8, 4) is 11.5 Å². The number of carbonyl (C=O) groups is 2. The third-order valence-corrected chi connectivity index (χ3v) is 5.04. The van der Waals surface area contributed by atoms with Gasteiger partial charge in [-0.2, -0.15) is 13.2 Å². The number of nitrogens with zero attached hydrogens (tertiary/aromatic N) is 1. The number of ether oxygens (including phenoxy) is 2. The molecule has 0 spiro atoms. The molecule has 0 aliphatic carbocycles. The van der Waals surface area contributed by atoms with E-state index in [0.29, 0.717) is 18.1 Å². The standard InChI is InChI=1S/C23H25F3N2O4/c1-2-31-20-14-16(22(30)27-18-9-7-17(8-10-18)23(24,25)26)6-11-19(20)32-15-21(29)28-12-4-3-5-13-28/h6-11,14H,2-5,12-13,15H2,1H3,(H,27,30). The second kappa shape index (κ2) is 10.4. The minimum Gasteiger partial charge on any atom is -0.490 e. The molecule has 1 N–H and O–H groups in total. The van der Waals surface area contributed by atoms with Crippen LogP contribution in [0.3, 0.4) is 0 Å². The van der Waals surface area contributed by atoms with Gasteiger partial charge in [-0.3, -0.25) is 9.59 Å². The molecule has 0 atom stereocenters. The summed E-state index contributed by atoms with van der Waals surface area (Å²) in [7, 11) is 0. The number of hydrogen-bond acceptors (Lipinski definition) is 4. The molecular weight excluding hydrogens is 425 g/mol. The maximum absolute atomic E-state index is 12.7. The number of nitrogens with one attached hydrogen (secondary N) is 1. The highest BCUT2D eigenvalue weighted by molar-refractivity contribution is 6.04. The van der Waals surface area contributed by atoms with Gasteiger partial charge in [0.1, 0.15) is 0 Å². The second-order valence-electron chi connectivity index (χ2n) is 7.35. The average molecular weight is 450 g/mol. The van der Waals surface area contributed by atoms with Gasteiger partial charge in [0.2, 0.25) is 0 Å². The molecule has 1 heterocycles. The summed E-state index contributed by atoms with van der Waals surface area (Å²) < 4.78 is 49.3. The zero-order chi connectivity index (χ0) is 23.1. The summed E-state index contributed by atoms with van der Waals surface area (Å²) >= 11 is 0. The molecule has 9 heteroatoms. The third-order valence-electron chi connectivity index (χ3n) is 5.04. The van der Waals surface area contributed by atoms with Crippen molar-refractivity contribution < 1.29 is 32.2 Å². The van der Waals surface area contributed by atoms with Crippen LogP contribution in [0.15, 0.2) is 42.5 Å². The van der Waals surface area contributed by atoms with E-state index in [0.717, 1.165) is 44.5 Å². The number of halogens is 3. The zero-order valence-electron chi connectivity index (χ0n) is 17.7. The minimum atomic E-state index is -4.44. The van der Waals surface area contributed by atoms with Crippen molar-refractivity contribution in [2.75, 3.05) is 31.6 Å². The lowest BCUT2D eigenvalue weighted by molar-refractivity contribution is -0.137. The van der Waals surface area contributed by atoms with Crippen LogP contribution in [0.1, 0.15) is 42.1 Å². The molecule has 2 aromatic carbocycles. The molecule has 0 radical (unpaired) electrons. The average Bonchev–Trinajstić information content (AvgIpc) is 2.78. The minimum absolute atomic E-state index is 0.101. The van der Waals surface area contributed by atoms with Crippen molar-refractivity contribution in [1.82, 2.24) is 4.90 Å². The van der Waals surface area contributed by atoms with Crippen LogP contribution in [0.25, 0.3) is 0 Å². The van der Waals surface area contributed by atoms with Gasteiger partial charge in [0.25, 0.3) is 11.8 Å². The van der Waals surface area contributed by atoms with E-state index in [-0.39, 0.29) is 23.8 Å². The second-order valence-corrected chi connectivity index (χ2v) is 7.35. The highest BCUT2D eigenvalue weighted by atomic mass is 19.4. The molecule has 1 saturated heterocycles. The fraction of sp³-hybridized carbons (Fsp3) is 0.391. The third kappa shape index (κ3) is 6.15. The maximum Gasteiger partial charge on any atom is 0.416 e. The first-order valence-corrected chi connectivity index (χ1v) is 10.4. The molecule has 0 saturated carbocycles. The van der Waals surface area contributed by atoms with Crippen molar-refractivity contribution >= 4 is 17.5 Å². The van der Waals surface area contributed by atoms with Crippen LogP contribution in [0.2, 0.25) is 0 Å². The van der Waals surface area contributed by atoms with Crippen LogP contribution in [-0.4, -0.2) is 43.0 Å². The summed E-state index contributed by atoms with van der Waals surface area (Å²) in [6.07, 6.45) is -1.35. The van der Waals surface area contributed by atoms with E-state index in [1.54, 1.807) is 11.8 Å². The Kier molecular flexibility index (Phi) is 7.61. The van der Waals surface area contributed by atoms with Crippen LogP contribution in [-0.2, 0) is 11.0 Å². The monoisotopic (exact) mass is 450 g/mol. The Bertz CT molecular complexity index is 939. The first-order valence-electron chi connectivity index (χ1n) is 10.4. The van der Waals surface area contributed by atoms with E-state index in [2.05, 4.69) is 5.32 Å². The fourth-order valence-electron chi connectivity index (χ4n) is 3.36. The lowest BCUT2D eigenvalue weighted by Gasteiger charge is -2.26. The molecule has 1 aliphatic rings. The van der Waals surface area contributed by atoms with Crippen LogP contribution in [0.5, 0.6) is 11.5 Å². The Morgan fingerprint density at radius 3 is 2.28 bits per heavy atom. The van der Waals surface area contributed by atoms with E-state index in [9.17, 15) is 22.8 Å². The van der Waals surface area contributed by atoms with E-state index in [1.165, 1.54) is 30.3 Å². The molecule has 1 aliphatic heterocycles. The number of amides is 2. The molecule has 172 valence electrons. The summed E-state index contributed by atoms with van der Waals surface area (Å²) in [6, 6.07) is 8.69. The number of carbonyl (C=O) groups excluding carboxylic acids is 2. The molecule has 32 heavy (non-hydrogen) atoms. The number of piperidine rings is 1. The largest absolute Gasteiger partial charge is 0.490 e. The Morgan fingerprint density at radius 1 is 0.969 bits per heavy atom. The predicted octanol–water partition coefficient (Wildman–Crippen LogP) is 4.75. The highest BCUT2D eigenvalue weighted by Gasteiger charge is 2.30. The lowest BCUT2D eigenvalue weighted by atomic mass is 10.1. The number of anilines is 1. The normalized spacial score (nSPS) is 14.1. The molecule has 0 bridgehead atoms. The van der Waals surface area contributed by atoms with Gasteiger partial charge >= 0.3 is 6.18 Å². The van der Waals surface area contributed by atoms with E-state index >= 15 is 0 Å². The van der Waals surface area contributed by atoms with Crippen LogP contribution in [0, 0.1) is 0 Å². The molecule has 0 unspecified atom stereocenters. The Labute approximate surface area is 184 Å². The number of rotatable bonds is 7. The van der Waals surface area contributed by atoms with E-state index < -0.39 is 17.6 Å². The van der Waals surface area contributed by atoms with E-state index in [1.807, 2.05) is 0 Å². The lowest BCUT2D eigenvalue weighted by Crippen LogP contribution is -2.38.